The number of nitrogens with one attached hydrogen (secondary N) is 2. The predicted octanol–water partition coefficient (Wildman–Crippen LogP) is 2.17. The smallest absolute Gasteiger partial charge is 0.191 e. The Hall–Kier alpha value is -0.420. The molecule has 2 atom stereocenters. The molecule has 122 valence electrons. The molecule has 0 saturated carbocycles. The van der Waals surface area contributed by atoms with Gasteiger partial charge in [-0.15, -0.1) is 0 Å². The highest BCUT2D eigenvalue weighted by molar-refractivity contribution is 8.00. The Balaban J connectivity index is 1.70. The second kappa shape index (κ2) is 9.57. The SMILES string of the molecule is CCNC(=NCC(C)CN1CCCC1)NCC1CCCS1. The number of likely N-dealkylation sites (tertiary alicyclic amines) is 1. The highest BCUT2D eigenvalue weighted by Gasteiger charge is 2.16. The second-order valence-corrected chi connectivity index (χ2v) is 7.76. The number of aliphatic imine (C=N–C) groups is 1. The average molecular weight is 313 g/mol. The minimum Gasteiger partial charge on any atom is -0.357 e. The topological polar surface area (TPSA) is 39.7 Å². The molecule has 2 aliphatic heterocycles. The van der Waals surface area contributed by atoms with E-state index in [2.05, 4.69) is 41.1 Å². The van der Waals surface area contributed by atoms with Crippen molar-refractivity contribution in [3.05, 3.63) is 0 Å². The predicted molar refractivity (Wildman–Crippen MR) is 94.3 cm³/mol. The molecule has 0 aromatic heterocycles. The van der Waals surface area contributed by atoms with E-state index in [-0.39, 0.29) is 0 Å². The van der Waals surface area contributed by atoms with Crippen LogP contribution < -0.4 is 10.6 Å². The number of hydrogen-bond acceptors (Lipinski definition) is 3. The van der Waals surface area contributed by atoms with E-state index in [1.165, 1.54) is 51.1 Å². The van der Waals surface area contributed by atoms with E-state index >= 15 is 0 Å². The van der Waals surface area contributed by atoms with E-state index in [0.29, 0.717) is 5.92 Å². The summed E-state index contributed by atoms with van der Waals surface area (Å²) < 4.78 is 0. The molecule has 0 aromatic rings. The normalized spacial score (nSPS) is 25.2. The first-order chi connectivity index (χ1) is 10.3. The van der Waals surface area contributed by atoms with Crippen molar-refractivity contribution in [3.63, 3.8) is 0 Å². The first kappa shape index (κ1) is 16.9. The zero-order valence-corrected chi connectivity index (χ0v) is 14.6. The molecule has 0 aliphatic carbocycles. The maximum atomic E-state index is 4.77. The van der Waals surface area contributed by atoms with Gasteiger partial charge in [0.05, 0.1) is 0 Å². The lowest BCUT2D eigenvalue weighted by molar-refractivity contribution is 0.291. The molecule has 2 rings (SSSR count). The van der Waals surface area contributed by atoms with Gasteiger partial charge < -0.3 is 15.5 Å². The maximum Gasteiger partial charge on any atom is 0.191 e. The van der Waals surface area contributed by atoms with E-state index < -0.39 is 0 Å². The molecule has 2 N–H and O–H groups in total. The molecule has 2 heterocycles. The van der Waals surface area contributed by atoms with Crippen LogP contribution in [-0.2, 0) is 0 Å². The summed E-state index contributed by atoms with van der Waals surface area (Å²) in [5.74, 6) is 2.96. The van der Waals surface area contributed by atoms with E-state index in [9.17, 15) is 0 Å². The molecule has 5 heteroatoms. The van der Waals surface area contributed by atoms with Crippen molar-refractivity contribution in [2.75, 3.05) is 45.0 Å². The molecule has 2 saturated heterocycles. The van der Waals surface area contributed by atoms with Crippen molar-refractivity contribution < 1.29 is 0 Å². The van der Waals surface area contributed by atoms with Crippen molar-refractivity contribution in [3.8, 4) is 0 Å². The van der Waals surface area contributed by atoms with Gasteiger partial charge in [-0.2, -0.15) is 11.8 Å². The van der Waals surface area contributed by atoms with Crippen molar-refractivity contribution >= 4 is 17.7 Å². The largest absolute Gasteiger partial charge is 0.357 e. The van der Waals surface area contributed by atoms with E-state index in [1.54, 1.807) is 0 Å². The summed E-state index contributed by atoms with van der Waals surface area (Å²) in [5.41, 5.74) is 0. The van der Waals surface area contributed by atoms with Crippen molar-refractivity contribution in [1.82, 2.24) is 15.5 Å². The quantitative estimate of drug-likeness (QED) is 0.558. The lowest BCUT2D eigenvalue weighted by Gasteiger charge is -2.20. The van der Waals surface area contributed by atoms with Crippen molar-refractivity contribution in [2.45, 2.75) is 44.8 Å². The maximum absolute atomic E-state index is 4.77. The number of hydrogen-bond donors (Lipinski definition) is 2. The van der Waals surface area contributed by atoms with Crippen LogP contribution in [0.4, 0.5) is 0 Å². The second-order valence-electron chi connectivity index (χ2n) is 6.35. The Bertz CT molecular complexity index is 309. The molecule has 0 amide bonds. The summed E-state index contributed by atoms with van der Waals surface area (Å²) in [5, 5.41) is 7.66. The third-order valence-electron chi connectivity index (χ3n) is 4.20. The lowest BCUT2D eigenvalue weighted by atomic mass is 10.2. The Morgan fingerprint density at radius 3 is 2.76 bits per heavy atom. The molecular weight excluding hydrogens is 280 g/mol. The third kappa shape index (κ3) is 6.47. The van der Waals surface area contributed by atoms with Crippen LogP contribution in [0.5, 0.6) is 0 Å². The van der Waals surface area contributed by atoms with Gasteiger partial charge in [-0.05, 0) is 57.4 Å². The van der Waals surface area contributed by atoms with Gasteiger partial charge in [-0.1, -0.05) is 6.92 Å². The first-order valence-electron chi connectivity index (χ1n) is 8.64. The summed E-state index contributed by atoms with van der Waals surface area (Å²) in [4.78, 5) is 7.35. The molecule has 2 aliphatic rings. The van der Waals surface area contributed by atoms with Crippen LogP contribution in [0, 0.1) is 5.92 Å². The van der Waals surface area contributed by atoms with Crippen LogP contribution in [0.3, 0.4) is 0 Å². The molecular formula is C16H32N4S. The molecule has 0 spiro atoms. The van der Waals surface area contributed by atoms with Gasteiger partial charge in [-0.3, -0.25) is 4.99 Å². The van der Waals surface area contributed by atoms with Gasteiger partial charge in [0.25, 0.3) is 0 Å². The summed E-state index contributed by atoms with van der Waals surface area (Å²) in [7, 11) is 0. The minimum atomic E-state index is 0.638. The molecule has 0 bridgehead atoms. The molecule has 4 nitrogen and oxygen atoms in total. The van der Waals surface area contributed by atoms with Crippen molar-refractivity contribution in [1.29, 1.82) is 0 Å². The third-order valence-corrected chi connectivity index (χ3v) is 5.59. The van der Waals surface area contributed by atoms with Gasteiger partial charge in [0.1, 0.15) is 0 Å². The monoisotopic (exact) mass is 312 g/mol. The zero-order valence-electron chi connectivity index (χ0n) is 13.7. The van der Waals surface area contributed by atoms with Gasteiger partial charge in [0.2, 0.25) is 0 Å². The average Bonchev–Trinajstić information content (AvgIpc) is 3.15. The summed E-state index contributed by atoms with van der Waals surface area (Å²) in [6.07, 6.45) is 5.47. The van der Waals surface area contributed by atoms with Crippen LogP contribution in [-0.4, -0.2) is 61.1 Å². The number of guanidine groups is 1. The molecule has 2 unspecified atom stereocenters. The fourth-order valence-electron chi connectivity index (χ4n) is 3.07. The summed E-state index contributed by atoms with van der Waals surface area (Å²) >= 11 is 2.10. The van der Waals surface area contributed by atoms with Gasteiger partial charge in [0, 0.05) is 31.4 Å². The number of nitrogens with zero attached hydrogens (tertiary/aromatic N) is 2. The van der Waals surface area contributed by atoms with E-state index in [4.69, 9.17) is 4.99 Å². The molecule has 21 heavy (non-hydrogen) atoms. The van der Waals surface area contributed by atoms with Crippen LogP contribution in [0.25, 0.3) is 0 Å². The van der Waals surface area contributed by atoms with Gasteiger partial charge in [-0.25, -0.2) is 0 Å². The molecule has 2 fully saturated rings. The van der Waals surface area contributed by atoms with Gasteiger partial charge >= 0.3 is 0 Å². The van der Waals surface area contributed by atoms with Crippen LogP contribution in [0.2, 0.25) is 0 Å². The summed E-state index contributed by atoms with van der Waals surface area (Å²) in [6, 6.07) is 0. The first-order valence-corrected chi connectivity index (χ1v) is 9.69. The van der Waals surface area contributed by atoms with Crippen LogP contribution in [0.15, 0.2) is 4.99 Å². The Labute approximate surface area is 134 Å². The van der Waals surface area contributed by atoms with Crippen LogP contribution in [0.1, 0.15) is 39.5 Å². The Morgan fingerprint density at radius 2 is 2.10 bits per heavy atom. The molecule has 0 aromatic carbocycles. The number of rotatable bonds is 7. The van der Waals surface area contributed by atoms with Crippen LogP contribution >= 0.6 is 11.8 Å². The van der Waals surface area contributed by atoms with Gasteiger partial charge in [0.15, 0.2) is 5.96 Å². The van der Waals surface area contributed by atoms with E-state index in [0.717, 1.165) is 30.8 Å². The molecule has 0 radical (unpaired) electrons. The summed E-state index contributed by atoms with van der Waals surface area (Å²) in [6.45, 7) is 11.1. The van der Waals surface area contributed by atoms with E-state index in [1.807, 2.05) is 0 Å². The zero-order chi connectivity index (χ0) is 14.9. The fraction of sp³-hybridized carbons (Fsp3) is 0.938. The lowest BCUT2D eigenvalue weighted by Crippen LogP contribution is -2.40. The Kier molecular flexibility index (Phi) is 7.72. The number of thioether (sulfide) groups is 1. The fourth-order valence-corrected chi connectivity index (χ4v) is 4.27. The van der Waals surface area contributed by atoms with Crippen molar-refractivity contribution in [2.24, 2.45) is 10.9 Å². The Morgan fingerprint density at radius 1 is 1.29 bits per heavy atom. The highest BCUT2D eigenvalue weighted by atomic mass is 32.2. The highest BCUT2D eigenvalue weighted by Crippen LogP contribution is 2.25. The standard InChI is InChI=1S/C16H32N4S/c1-3-17-16(19-12-15-7-6-10-21-15)18-11-14(2)13-20-8-4-5-9-20/h14-15H,3-13H2,1-2H3,(H2,17,18,19). The minimum absolute atomic E-state index is 0.638.